The van der Waals surface area contributed by atoms with Gasteiger partial charge < -0.3 is 0 Å². The minimum absolute atomic E-state index is 0.0327. The summed E-state index contributed by atoms with van der Waals surface area (Å²) >= 11 is 7.17. The van der Waals surface area contributed by atoms with E-state index in [9.17, 15) is 4.79 Å². The first-order valence-corrected chi connectivity index (χ1v) is 6.97. The molecule has 0 aromatic heterocycles. The van der Waals surface area contributed by atoms with Gasteiger partial charge in [-0.15, -0.1) is 11.7 Å². The van der Waals surface area contributed by atoms with Gasteiger partial charge in [-0.3, -0.25) is 9.69 Å². The van der Waals surface area contributed by atoms with E-state index in [0.717, 1.165) is 5.56 Å². The van der Waals surface area contributed by atoms with Gasteiger partial charge in [0.2, 0.25) is 5.91 Å². The van der Waals surface area contributed by atoms with Gasteiger partial charge in [0.1, 0.15) is 0 Å². The van der Waals surface area contributed by atoms with Crippen molar-refractivity contribution >= 4 is 40.7 Å². The molecule has 0 saturated carbocycles. The zero-order valence-corrected chi connectivity index (χ0v) is 11.7. The van der Waals surface area contributed by atoms with Crippen molar-refractivity contribution in [1.29, 1.82) is 0 Å². The average Bonchev–Trinajstić information content (AvgIpc) is 2.74. The van der Waals surface area contributed by atoms with E-state index in [1.54, 1.807) is 29.3 Å². The number of amides is 1. The summed E-state index contributed by atoms with van der Waals surface area (Å²) < 4.78 is 0. The maximum Gasteiger partial charge on any atom is 0.239 e. The number of benzene rings is 1. The molecule has 1 fully saturated rings. The van der Waals surface area contributed by atoms with Gasteiger partial charge in [0.05, 0.1) is 12.0 Å². The molecule has 1 aliphatic rings. The van der Waals surface area contributed by atoms with Crippen LogP contribution in [0.1, 0.15) is 5.56 Å². The molecule has 1 amide bonds. The lowest BCUT2D eigenvalue weighted by Crippen LogP contribution is -2.29. The lowest BCUT2D eigenvalue weighted by Gasteiger charge is -2.11. The van der Waals surface area contributed by atoms with E-state index in [1.807, 2.05) is 12.1 Å². The Bertz CT molecular complexity index is 539. The molecule has 0 atom stereocenters. The van der Waals surface area contributed by atoms with Crippen molar-refractivity contribution in [2.45, 2.75) is 0 Å². The molecule has 2 rings (SSSR count). The van der Waals surface area contributed by atoms with E-state index in [0.29, 0.717) is 22.5 Å². The predicted molar refractivity (Wildman–Crippen MR) is 80.8 cm³/mol. The van der Waals surface area contributed by atoms with Crippen molar-refractivity contribution in [3.05, 3.63) is 47.5 Å². The minimum Gasteiger partial charge on any atom is -0.285 e. The number of hydrogen-bond donors (Lipinski definition) is 0. The standard InChI is InChI=1S/C13H12ClN3OS/c1-2-7-17-12(18)9-19-13(17)16-15-8-10-3-5-11(14)6-4-10/h2-6,8H,1,7,9H2/b15-8+,16-13-. The van der Waals surface area contributed by atoms with Crippen molar-refractivity contribution in [2.24, 2.45) is 10.2 Å². The maximum absolute atomic E-state index is 11.6. The van der Waals surface area contributed by atoms with Crippen molar-refractivity contribution in [3.63, 3.8) is 0 Å². The smallest absolute Gasteiger partial charge is 0.239 e. The molecule has 4 nitrogen and oxygen atoms in total. The highest BCUT2D eigenvalue weighted by Crippen LogP contribution is 2.19. The zero-order chi connectivity index (χ0) is 13.7. The van der Waals surface area contributed by atoms with Gasteiger partial charge in [0.15, 0.2) is 5.17 Å². The first-order chi connectivity index (χ1) is 9.20. The van der Waals surface area contributed by atoms with Crippen LogP contribution in [-0.2, 0) is 4.79 Å². The summed E-state index contributed by atoms with van der Waals surface area (Å²) in [6.45, 7) is 4.08. The molecule has 0 bridgehead atoms. The van der Waals surface area contributed by atoms with Crippen LogP contribution in [0.15, 0.2) is 47.1 Å². The van der Waals surface area contributed by atoms with Crippen LogP contribution in [0.3, 0.4) is 0 Å². The first-order valence-electron chi connectivity index (χ1n) is 5.61. The van der Waals surface area contributed by atoms with E-state index in [1.165, 1.54) is 11.8 Å². The number of rotatable bonds is 4. The molecule has 6 heteroatoms. The Morgan fingerprint density at radius 1 is 1.42 bits per heavy atom. The first kappa shape index (κ1) is 13.8. The highest BCUT2D eigenvalue weighted by Gasteiger charge is 2.26. The Hall–Kier alpha value is -1.59. The second-order valence-corrected chi connectivity index (χ2v) is 5.14. The maximum atomic E-state index is 11.6. The SMILES string of the molecule is C=CCN1C(=O)CS/C1=N\N=C\c1ccc(Cl)cc1. The highest BCUT2D eigenvalue weighted by molar-refractivity contribution is 8.15. The van der Waals surface area contributed by atoms with E-state index < -0.39 is 0 Å². The Labute approximate surface area is 120 Å². The topological polar surface area (TPSA) is 45.0 Å². The molecule has 1 aliphatic heterocycles. The normalized spacial score (nSPS) is 17.6. The lowest BCUT2D eigenvalue weighted by atomic mass is 10.2. The Morgan fingerprint density at radius 3 is 2.84 bits per heavy atom. The molecule has 19 heavy (non-hydrogen) atoms. The van der Waals surface area contributed by atoms with Gasteiger partial charge in [0, 0.05) is 11.6 Å². The Morgan fingerprint density at radius 2 is 2.16 bits per heavy atom. The fourth-order valence-electron chi connectivity index (χ4n) is 1.47. The minimum atomic E-state index is 0.0327. The number of amidine groups is 1. The molecule has 0 N–H and O–H groups in total. The lowest BCUT2D eigenvalue weighted by molar-refractivity contribution is -0.123. The highest BCUT2D eigenvalue weighted by atomic mass is 35.5. The summed E-state index contributed by atoms with van der Waals surface area (Å²) in [6.07, 6.45) is 3.29. The molecule has 1 aromatic rings. The third-order valence-electron chi connectivity index (χ3n) is 2.39. The summed E-state index contributed by atoms with van der Waals surface area (Å²) in [6, 6.07) is 7.27. The Kier molecular flexibility index (Phi) is 4.76. The van der Waals surface area contributed by atoms with E-state index in [-0.39, 0.29) is 5.91 Å². The molecule has 0 unspecified atom stereocenters. The molecular formula is C13H12ClN3OS. The molecule has 1 saturated heterocycles. The number of carbonyl (C=O) groups excluding carboxylic acids is 1. The summed E-state index contributed by atoms with van der Waals surface area (Å²) in [5.41, 5.74) is 0.901. The second-order valence-electron chi connectivity index (χ2n) is 3.76. The van der Waals surface area contributed by atoms with Crippen molar-refractivity contribution in [2.75, 3.05) is 12.3 Å². The van der Waals surface area contributed by atoms with Crippen LogP contribution >= 0.6 is 23.4 Å². The quantitative estimate of drug-likeness (QED) is 0.487. The largest absolute Gasteiger partial charge is 0.285 e. The summed E-state index contributed by atoms with van der Waals surface area (Å²) in [4.78, 5) is 13.1. The summed E-state index contributed by atoms with van der Waals surface area (Å²) in [7, 11) is 0. The summed E-state index contributed by atoms with van der Waals surface area (Å²) in [5.74, 6) is 0.439. The van der Waals surface area contributed by atoms with Crippen LogP contribution in [-0.4, -0.2) is 34.5 Å². The molecule has 0 aliphatic carbocycles. The van der Waals surface area contributed by atoms with Crippen LogP contribution in [0.5, 0.6) is 0 Å². The number of carbonyl (C=O) groups is 1. The van der Waals surface area contributed by atoms with Crippen LogP contribution in [0.4, 0.5) is 0 Å². The average molecular weight is 294 g/mol. The molecular weight excluding hydrogens is 282 g/mol. The second kappa shape index (κ2) is 6.54. The van der Waals surface area contributed by atoms with Crippen LogP contribution < -0.4 is 0 Å². The van der Waals surface area contributed by atoms with Gasteiger partial charge in [-0.2, -0.15) is 5.10 Å². The van der Waals surface area contributed by atoms with E-state index in [4.69, 9.17) is 11.6 Å². The number of hydrogen-bond acceptors (Lipinski definition) is 4. The third kappa shape index (κ3) is 3.68. The number of nitrogens with zero attached hydrogens (tertiary/aromatic N) is 3. The van der Waals surface area contributed by atoms with Gasteiger partial charge in [0.25, 0.3) is 0 Å². The molecule has 1 heterocycles. The fourth-order valence-corrected chi connectivity index (χ4v) is 2.45. The van der Waals surface area contributed by atoms with E-state index >= 15 is 0 Å². The molecule has 98 valence electrons. The van der Waals surface area contributed by atoms with Gasteiger partial charge in [-0.1, -0.05) is 41.6 Å². The van der Waals surface area contributed by atoms with Crippen LogP contribution in [0.25, 0.3) is 0 Å². The zero-order valence-electron chi connectivity index (χ0n) is 10.1. The van der Waals surface area contributed by atoms with Gasteiger partial charge in [-0.05, 0) is 17.7 Å². The van der Waals surface area contributed by atoms with Crippen LogP contribution in [0.2, 0.25) is 5.02 Å². The van der Waals surface area contributed by atoms with Crippen LogP contribution in [0, 0.1) is 0 Å². The summed E-state index contributed by atoms with van der Waals surface area (Å²) in [5, 5.41) is 9.34. The van der Waals surface area contributed by atoms with Crippen molar-refractivity contribution < 1.29 is 4.79 Å². The molecule has 0 spiro atoms. The number of thioether (sulfide) groups is 1. The van der Waals surface area contributed by atoms with Crippen molar-refractivity contribution in [3.8, 4) is 0 Å². The van der Waals surface area contributed by atoms with E-state index in [2.05, 4.69) is 16.8 Å². The predicted octanol–water partition coefficient (Wildman–Crippen LogP) is 2.79. The molecule has 0 radical (unpaired) electrons. The van der Waals surface area contributed by atoms with Gasteiger partial charge >= 0.3 is 0 Å². The van der Waals surface area contributed by atoms with Crippen molar-refractivity contribution in [1.82, 2.24) is 4.90 Å². The fraction of sp³-hybridized carbons (Fsp3) is 0.154. The Balaban J connectivity index is 2.07. The third-order valence-corrected chi connectivity index (χ3v) is 3.59. The van der Waals surface area contributed by atoms with Gasteiger partial charge in [-0.25, -0.2) is 0 Å². The number of halogens is 1. The monoisotopic (exact) mass is 293 g/mol. The molecule has 1 aromatic carbocycles.